The Labute approximate surface area is 213 Å². The Hall–Kier alpha value is -3.35. The monoisotopic (exact) mass is 492 g/mol. The smallest absolute Gasteiger partial charge is 0.416 e. The maximum Gasteiger partial charge on any atom is 0.416 e. The Kier molecular flexibility index (Phi) is 7.67. The van der Waals surface area contributed by atoms with Crippen LogP contribution in [0.2, 0.25) is 0 Å². The molecule has 2 atom stereocenters. The van der Waals surface area contributed by atoms with Crippen molar-refractivity contribution in [3.8, 4) is 0 Å². The predicted molar refractivity (Wildman–Crippen MR) is 137 cm³/mol. The fraction of sp³-hybridized carbons (Fsp3) is 0.483. The van der Waals surface area contributed by atoms with Crippen LogP contribution >= 0.6 is 0 Å². The topological polar surface area (TPSA) is 76.2 Å². The lowest BCUT2D eigenvalue weighted by Crippen LogP contribution is -2.41. The highest BCUT2D eigenvalue weighted by atomic mass is 16.6. The third-order valence-corrected chi connectivity index (χ3v) is 6.85. The molecule has 4 rings (SSSR count). The molecule has 0 spiro atoms. The molecule has 3 amide bonds. The molecule has 2 aromatic carbocycles. The first-order chi connectivity index (χ1) is 17.2. The van der Waals surface area contributed by atoms with Gasteiger partial charge in [0.25, 0.3) is 0 Å². The van der Waals surface area contributed by atoms with Gasteiger partial charge in [0.2, 0.25) is 5.91 Å². The van der Waals surface area contributed by atoms with Crippen LogP contribution < -0.4 is 0 Å². The van der Waals surface area contributed by atoms with E-state index in [2.05, 4.69) is 13.0 Å². The second kappa shape index (κ2) is 10.7. The van der Waals surface area contributed by atoms with Crippen LogP contribution in [0.4, 0.5) is 9.59 Å². The first-order valence-corrected chi connectivity index (χ1v) is 12.8. The zero-order chi connectivity index (χ0) is 25.9. The molecule has 2 aromatic rings. The summed E-state index contributed by atoms with van der Waals surface area (Å²) in [7, 11) is 0. The normalized spacial score (nSPS) is 18.4. The van der Waals surface area contributed by atoms with Crippen LogP contribution in [0.1, 0.15) is 68.7 Å². The molecule has 2 aliphatic rings. The standard InChI is InChI=1S/C29H36N2O5/c1-5-21(17-26(32)31-23(19-35-28(31)34)16-20-10-7-6-8-11-20)24-13-9-12-22-18-30(15-14-25(22)24)27(33)36-29(2,3)4/h6-13,21,23H,5,14-19H2,1-4H3/t21-,23+/m1/s1. The fourth-order valence-electron chi connectivity index (χ4n) is 5.09. The Morgan fingerprint density at radius 1 is 1.11 bits per heavy atom. The van der Waals surface area contributed by atoms with E-state index >= 15 is 0 Å². The van der Waals surface area contributed by atoms with Gasteiger partial charge in [0.15, 0.2) is 0 Å². The molecule has 0 unspecified atom stereocenters. The second-order valence-corrected chi connectivity index (χ2v) is 10.6. The van der Waals surface area contributed by atoms with Gasteiger partial charge in [-0.1, -0.05) is 55.5 Å². The number of benzene rings is 2. The van der Waals surface area contributed by atoms with E-state index < -0.39 is 11.7 Å². The van der Waals surface area contributed by atoms with Crippen molar-refractivity contribution in [2.45, 2.75) is 77.5 Å². The quantitative estimate of drug-likeness (QED) is 0.536. The number of hydrogen-bond acceptors (Lipinski definition) is 5. The van der Waals surface area contributed by atoms with Crippen molar-refractivity contribution in [1.82, 2.24) is 9.80 Å². The maximum absolute atomic E-state index is 13.4. The fourth-order valence-corrected chi connectivity index (χ4v) is 5.09. The molecule has 7 nitrogen and oxygen atoms in total. The van der Waals surface area contributed by atoms with Crippen LogP contribution in [-0.2, 0) is 33.7 Å². The molecular formula is C29H36N2O5. The first-order valence-electron chi connectivity index (χ1n) is 12.8. The lowest BCUT2D eigenvalue weighted by atomic mass is 9.84. The van der Waals surface area contributed by atoms with Crippen molar-refractivity contribution in [2.75, 3.05) is 13.2 Å². The van der Waals surface area contributed by atoms with Gasteiger partial charge in [0.1, 0.15) is 12.2 Å². The number of carbonyl (C=O) groups excluding carboxylic acids is 3. The summed E-state index contributed by atoms with van der Waals surface area (Å²) in [6.45, 7) is 8.94. The van der Waals surface area contributed by atoms with E-state index in [1.165, 1.54) is 10.5 Å². The molecule has 0 bridgehead atoms. The summed E-state index contributed by atoms with van der Waals surface area (Å²) in [6, 6.07) is 15.7. The molecular weight excluding hydrogens is 456 g/mol. The predicted octanol–water partition coefficient (Wildman–Crippen LogP) is 5.45. The minimum absolute atomic E-state index is 0.0219. The first kappa shape index (κ1) is 25.7. The van der Waals surface area contributed by atoms with E-state index in [1.54, 1.807) is 4.90 Å². The number of rotatable bonds is 6. The molecule has 1 saturated heterocycles. The Morgan fingerprint density at radius 2 is 1.86 bits per heavy atom. The molecule has 2 heterocycles. The number of hydrogen-bond donors (Lipinski definition) is 0. The number of fused-ring (bicyclic) bond motifs is 1. The van der Waals surface area contributed by atoms with E-state index in [0.717, 1.165) is 23.1 Å². The van der Waals surface area contributed by atoms with Crippen LogP contribution in [0.25, 0.3) is 0 Å². The number of ether oxygens (including phenoxy) is 2. The van der Waals surface area contributed by atoms with E-state index in [-0.39, 0.29) is 37.0 Å². The summed E-state index contributed by atoms with van der Waals surface area (Å²) in [4.78, 5) is 41.5. The van der Waals surface area contributed by atoms with Crippen LogP contribution in [0.15, 0.2) is 48.5 Å². The molecule has 2 aliphatic heterocycles. The molecule has 0 N–H and O–H groups in total. The van der Waals surface area contributed by atoms with Gasteiger partial charge in [-0.3, -0.25) is 4.79 Å². The van der Waals surface area contributed by atoms with Gasteiger partial charge in [-0.05, 0) is 68.2 Å². The minimum atomic E-state index is -0.557. The van der Waals surface area contributed by atoms with E-state index in [0.29, 0.717) is 25.9 Å². The van der Waals surface area contributed by atoms with Gasteiger partial charge >= 0.3 is 12.2 Å². The molecule has 0 aliphatic carbocycles. The van der Waals surface area contributed by atoms with E-state index in [1.807, 2.05) is 63.2 Å². The molecule has 1 fully saturated rings. The van der Waals surface area contributed by atoms with Crippen LogP contribution in [-0.4, -0.2) is 52.7 Å². The third kappa shape index (κ3) is 5.89. The molecule has 192 valence electrons. The van der Waals surface area contributed by atoms with E-state index in [4.69, 9.17) is 9.47 Å². The zero-order valence-electron chi connectivity index (χ0n) is 21.7. The highest BCUT2D eigenvalue weighted by Gasteiger charge is 2.39. The Balaban J connectivity index is 1.48. The molecule has 36 heavy (non-hydrogen) atoms. The minimum Gasteiger partial charge on any atom is -0.447 e. The van der Waals surface area contributed by atoms with Gasteiger partial charge < -0.3 is 14.4 Å². The summed E-state index contributed by atoms with van der Waals surface area (Å²) >= 11 is 0. The van der Waals surface area contributed by atoms with Crippen molar-refractivity contribution < 1.29 is 23.9 Å². The average Bonchev–Trinajstić information content (AvgIpc) is 3.21. The lowest BCUT2D eigenvalue weighted by molar-refractivity contribution is -0.129. The molecule has 0 radical (unpaired) electrons. The summed E-state index contributed by atoms with van der Waals surface area (Å²) in [5, 5.41) is 0. The summed E-state index contributed by atoms with van der Waals surface area (Å²) in [6.07, 6.45) is 1.43. The summed E-state index contributed by atoms with van der Waals surface area (Å²) in [5.41, 5.74) is 3.93. The van der Waals surface area contributed by atoms with Gasteiger partial charge in [0.05, 0.1) is 6.04 Å². The SMILES string of the molecule is CC[C@H](CC(=O)N1C(=O)OC[C@@H]1Cc1ccccc1)c1cccc2c1CCN(C(=O)OC(C)(C)C)C2. The number of cyclic esters (lactones) is 1. The van der Waals surface area contributed by atoms with Crippen molar-refractivity contribution >= 4 is 18.1 Å². The Bertz CT molecular complexity index is 1110. The maximum atomic E-state index is 13.4. The van der Waals surface area contributed by atoms with Crippen LogP contribution in [0, 0.1) is 0 Å². The van der Waals surface area contributed by atoms with Crippen molar-refractivity contribution in [3.63, 3.8) is 0 Å². The number of amides is 3. The average molecular weight is 493 g/mol. The van der Waals surface area contributed by atoms with Crippen LogP contribution in [0.3, 0.4) is 0 Å². The van der Waals surface area contributed by atoms with Crippen molar-refractivity contribution in [2.24, 2.45) is 0 Å². The largest absolute Gasteiger partial charge is 0.447 e. The summed E-state index contributed by atoms with van der Waals surface area (Å²) in [5.74, 6) is -0.222. The second-order valence-electron chi connectivity index (χ2n) is 10.6. The number of nitrogens with zero attached hydrogens (tertiary/aromatic N) is 2. The Morgan fingerprint density at radius 3 is 2.56 bits per heavy atom. The van der Waals surface area contributed by atoms with Crippen molar-refractivity contribution in [3.05, 3.63) is 70.8 Å². The highest BCUT2D eigenvalue weighted by molar-refractivity contribution is 5.94. The third-order valence-electron chi connectivity index (χ3n) is 6.85. The van der Waals surface area contributed by atoms with Gasteiger partial charge in [-0.2, -0.15) is 0 Å². The number of carbonyl (C=O) groups is 3. The van der Waals surface area contributed by atoms with Gasteiger partial charge in [-0.15, -0.1) is 0 Å². The molecule has 7 heteroatoms. The molecule has 0 aromatic heterocycles. The molecule has 0 saturated carbocycles. The van der Waals surface area contributed by atoms with Crippen LogP contribution in [0.5, 0.6) is 0 Å². The van der Waals surface area contributed by atoms with Gasteiger partial charge in [0, 0.05) is 19.5 Å². The highest BCUT2D eigenvalue weighted by Crippen LogP contribution is 2.33. The van der Waals surface area contributed by atoms with E-state index in [9.17, 15) is 14.4 Å². The van der Waals surface area contributed by atoms with Gasteiger partial charge in [-0.25, -0.2) is 14.5 Å². The van der Waals surface area contributed by atoms with Crippen molar-refractivity contribution in [1.29, 1.82) is 0 Å². The lowest BCUT2D eigenvalue weighted by Gasteiger charge is -2.33. The summed E-state index contributed by atoms with van der Waals surface area (Å²) < 4.78 is 10.8. The number of imide groups is 1. The zero-order valence-corrected chi connectivity index (χ0v) is 21.7.